The molecule has 5 N–H and O–H groups in total. The molecular formula is C21H42O6. The van der Waals surface area contributed by atoms with Crippen molar-refractivity contribution >= 4 is 5.97 Å². The largest absolute Gasteiger partial charge is 0.479 e. The van der Waals surface area contributed by atoms with Crippen LogP contribution in [0.15, 0.2) is 0 Å². The summed E-state index contributed by atoms with van der Waals surface area (Å²) in [6.07, 6.45) is 14.4. The zero-order valence-electron chi connectivity index (χ0n) is 16.9. The molecule has 6 heteroatoms. The summed E-state index contributed by atoms with van der Waals surface area (Å²) >= 11 is 0. The predicted molar refractivity (Wildman–Crippen MR) is 107 cm³/mol. The highest BCUT2D eigenvalue weighted by atomic mass is 16.4. The Morgan fingerprint density at radius 3 is 1.41 bits per heavy atom. The number of carbonyl (C=O) groups is 1. The summed E-state index contributed by atoms with van der Waals surface area (Å²) in [5, 5.41) is 46.2. The lowest BCUT2D eigenvalue weighted by Gasteiger charge is -2.25. The van der Waals surface area contributed by atoms with Crippen molar-refractivity contribution in [2.75, 3.05) is 13.2 Å². The van der Waals surface area contributed by atoms with Crippen molar-refractivity contribution in [1.82, 2.24) is 0 Å². The van der Waals surface area contributed by atoms with Gasteiger partial charge >= 0.3 is 5.97 Å². The van der Waals surface area contributed by atoms with E-state index >= 15 is 0 Å². The molecule has 0 fully saturated rings. The summed E-state index contributed by atoms with van der Waals surface area (Å²) in [6, 6.07) is 0. The minimum Gasteiger partial charge on any atom is -0.479 e. The smallest absolute Gasteiger partial charge is 0.335 e. The van der Waals surface area contributed by atoms with Crippen LogP contribution in [0.5, 0.6) is 0 Å². The van der Waals surface area contributed by atoms with E-state index in [2.05, 4.69) is 0 Å². The third kappa shape index (κ3) is 15.0. The fraction of sp³-hybridized carbons (Fsp3) is 0.952. The van der Waals surface area contributed by atoms with Crippen LogP contribution in [0.2, 0.25) is 0 Å². The van der Waals surface area contributed by atoms with Crippen molar-refractivity contribution < 1.29 is 30.3 Å². The zero-order chi connectivity index (χ0) is 20.4. The number of hydrogen-bond acceptors (Lipinski definition) is 5. The molecule has 0 spiro atoms. The van der Waals surface area contributed by atoms with Gasteiger partial charge in [0.05, 0.1) is 12.7 Å². The van der Waals surface area contributed by atoms with Crippen LogP contribution >= 0.6 is 0 Å². The number of carboxylic acids is 1. The predicted octanol–water partition coefficient (Wildman–Crippen LogP) is 3.39. The first-order chi connectivity index (χ1) is 13.0. The Hall–Kier alpha value is -0.690. The lowest BCUT2D eigenvalue weighted by atomic mass is 9.90. The van der Waals surface area contributed by atoms with Gasteiger partial charge in [0.15, 0.2) is 5.60 Å². The van der Waals surface area contributed by atoms with E-state index in [0.29, 0.717) is 13.0 Å². The standard InChI is InChI=1S/C21H42O6/c22-16-14-12-10-8-6-4-2-1-3-5-7-9-11-13-15-21(27,20(25)26)17-19(24)18-23/h19,22-24,27H,1-18H2,(H,25,26). The summed E-state index contributed by atoms with van der Waals surface area (Å²) in [6.45, 7) is -0.230. The highest BCUT2D eigenvalue weighted by Crippen LogP contribution is 2.22. The Labute approximate surface area is 164 Å². The average molecular weight is 391 g/mol. The highest BCUT2D eigenvalue weighted by molar-refractivity contribution is 5.77. The van der Waals surface area contributed by atoms with E-state index in [0.717, 1.165) is 32.1 Å². The molecule has 0 aliphatic rings. The van der Waals surface area contributed by atoms with E-state index in [1.165, 1.54) is 51.4 Å². The zero-order valence-corrected chi connectivity index (χ0v) is 16.9. The van der Waals surface area contributed by atoms with E-state index in [1.54, 1.807) is 0 Å². The van der Waals surface area contributed by atoms with Crippen molar-refractivity contribution in [1.29, 1.82) is 0 Å². The number of aliphatic hydroxyl groups excluding tert-OH is 3. The van der Waals surface area contributed by atoms with Crippen molar-refractivity contribution in [3.8, 4) is 0 Å². The van der Waals surface area contributed by atoms with Crippen molar-refractivity contribution in [2.24, 2.45) is 0 Å². The second kappa shape index (κ2) is 17.4. The quantitative estimate of drug-likeness (QED) is 0.203. The highest BCUT2D eigenvalue weighted by Gasteiger charge is 2.37. The molecule has 0 radical (unpaired) electrons. The number of aliphatic hydroxyl groups is 4. The Morgan fingerprint density at radius 2 is 1.07 bits per heavy atom. The molecule has 0 heterocycles. The molecule has 0 amide bonds. The summed E-state index contributed by atoms with van der Waals surface area (Å²) in [5.41, 5.74) is -1.94. The molecule has 0 bridgehead atoms. The summed E-state index contributed by atoms with van der Waals surface area (Å²) in [7, 11) is 0. The normalized spacial score (nSPS) is 14.8. The summed E-state index contributed by atoms with van der Waals surface area (Å²) < 4.78 is 0. The van der Waals surface area contributed by atoms with Crippen LogP contribution in [-0.4, -0.2) is 56.4 Å². The first-order valence-electron chi connectivity index (χ1n) is 10.8. The fourth-order valence-electron chi connectivity index (χ4n) is 3.40. The maximum absolute atomic E-state index is 11.2. The van der Waals surface area contributed by atoms with E-state index < -0.39 is 24.3 Å². The van der Waals surface area contributed by atoms with Crippen molar-refractivity contribution in [3.05, 3.63) is 0 Å². The van der Waals surface area contributed by atoms with Crippen LogP contribution < -0.4 is 0 Å². The van der Waals surface area contributed by atoms with Gasteiger partial charge < -0.3 is 25.5 Å². The van der Waals surface area contributed by atoms with Gasteiger partial charge in [-0.05, 0) is 19.3 Å². The second-order valence-corrected chi connectivity index (χ2v) is 7.80. The summed E-state index contributed by atoms with van der Waals surface area (Å²) in [4.78, 5) is 11.2. The fourth-order valence-corrected chi connectivity index (χ4v) is 3.40. The number of hydrogen-bond donors (Lipinski definition) is 5. The van der Waals surface area contributed by atoms with Gasteiger partial charge in [-0.3, -0.25) is 0 Å². The van der Waals surface area contributed by atoms with Crippen molar-refractivity contribution in [2.45, 2.75) is 114 Å². The number of rotatable bonds is 20. The maximum Gasteiger partial charge on any atom is 0.335 e. The van der Waals surface area contributed by atoms with Gasteiger partial charge in [0.25, 0.3) is 0 Å². The number of aliphatic carboxylic acids is 1. The molecule has 2 unspecified atom stereocenters. The van der Waals surface area contributed by atoms with Gasteiger partial charge in [0, 0.05) is 13.0 Å². The molecule has 6 nitrogen and oxygen atoms in total. The minimum absolute atomic E-state index is 0.109. The van der Waals surface area contributed by atoms with Crippen LogP contribution in [-0.2, 0) is 4.79 Å². The Bertz CT molecular complexity index is 350. The number of carboxylic acid groups (broad SMARTS) is 1. The van der Waals surface area contributed by atoms with E-state index in [4.69, 9.17) is 15.3 Å². The molecule has 0 rings (SSSR count). The number of unbranched alkanes of at least 4 members (excludes halogenated alkanes) is 13. The van der Waals surface area contributed by atoms with E-state index in [1.807, 2.05) is 0 Å². The lowest BCUT2D eigenvalue weighted by Crippen LogP contribution is -2.42. The van der Waals surface area contributed by atoms with Gasteiger partial charge in [-0.15, -0.1) is 0 Å². The third-order valence-corrected chi connectivity index (χ3v) is 5.18. The molecule has 2 atom stereocenters. The topological polar surface area (TPSA) is 118 Å². The molecule has 0 saturated carbocycles. The Balaban J connectivity index is 3.49. The molecule has 0 aliphatic carbocycles. The molecule has 0 aromatic rings. The van der Waals surface area contributed by atoms with Gasteiger partial charge in [-0.25, -0.2) is 4.79 Å². The van der Waals surface area contributed by atoms with Crippen LogP contribution in [0.1, 0.15) is 103 Å². The Morgan fingerprint density at radius 1 is 0.704 bits per heavy atom. The first kappa shape index (κ1) is 26.3. The minimum atomic E-state index is -1.94. The maximum atomic E-state index is 11.2. The first-order valence-corrected chi connectivity index (χ1v) is 10.8. The molecular weight excluding hydrogens is 348 g/mol. The Kier molecular flexibility index (Phi) is 17.0. The molecule has 0 aromatic heterocycles. The molecule has 162 valence electrons. The van der Waals surface area contributed by atoms with Gasteiger partial charge in [0.2, 0.25) is 0 Å². The van der Waals surface area contributed by atoms with Crippen molar-refractivity contribution in [3.63, 3.8) is 0 Å². The lowest BCUT2D eigenvalue weighted by molar-refractivity contribution is -0.163. The second-order valence-electron chi connectivity index (χ2n) is 7.80. The molecule has 0 saturated heterocycles. The van der Waals surface area contributed by atoms with Crippen LogP contribution in [0.4, 0.5) is 0 Å². The van der Waals surface area contributed by atoms with Gasteiger partial charge in [-0.1, -0.05) is 77.0 Å². The molecule has 27 heavy (non-hydrogen) atoms. The monoisotopic (exact) mass is 390 g/mol. The van der Waals surface area contributed by atoms with Crippen LogP contribution in [0.25, 0.3) is 0 Å². The summed E-state index contributed by atoms with van der Waals surface area (Å²) in [5.74, 6) is -1.33. The van der Waals surface area contributed by atoms with Gasteiger partial charge in [0.1, 0.15) is 0 Å². The third-order valence-electron chi connectivity index (χ3n) is 5.18. The van der Waals surface area contributed by atoms with Crippen LogP contribution in [0.3, 0.4) is 0 Å². The van der Waals surface area contributed by atoms with Crippen LogP contribution in [0, 0.1) is 0 Å². The molecule has 0 aromatic carbocycles. The van der Waals surface area contributed by atoms with Gasteiger partial charge in [-0.2, -0.15) is 0 Å². The average Bonchev–Trinajstić information content (AvgIpc) is 2.64. The van der Waals surface area contributed by atoms with E-state index in [9.17, 15) is 15.0 Å². The SMILES string of the molecule is O=C(O)C(O)(CCCCCCCCCCCCCCCCO)CC(O)CO. The van der Waals surface area contributed by atoms with E-state index in [-0.39, 0.29) is 12.8 Å². The molecule has 0 aliphatic heterocycles.